The summed E-state index contributed by atoms with van der Waals surface area (Å²) in [7, 11) is 0. The average Bonchev–Trinajstić information content (AvgIpc) is 2.23. The molecule has 3 nitrogen and oxygen atoms in total. The quantitative estimate of drug-likeness (QED) is 0.775. The second kappa shape index (κ2) is 4.66. The first-order chi connectivity index (χ1) is 6.86. The molecule has 0 radical (unpaired) electrons. The molecule has 2 heterocycles. The molecule has 3 N–H and O–H groups in total. The molecule has 0 spiro atoms. The number of anilines is 1. The van der Waals surface area contributed by atoms with Gasteiger partial charge in [-0.1, -0.05) is 0 Å². The van der Waals surface area contributed by atoms with Gasteiger partial charge in [-0.05, 0) is 25.5 Å². The van der Waals surface area contributed by atoms with Gasteiger partial charge in [0.25, 0.3) is 0 Å². The average molecular weight is 209 g/mol. The van der Waals surface area contributed by atoms with Crippen LogP contribution in [0, 0.1) is 0 Å². The molecular weight excluding hydrogens is 194 g/mol. The molecule has 1 aromatic heterocycles. The van der Waals surface area contributed by atoms with E-state index in [4.69, 9.17) is 5.73 Å². The lowest BCUT2D eigenvalue weighted by molar-refractivity contribution is 0.531. The van der Waals surface area contributed by atoms with Crippen molar-refractivity contribution in [2.75, 3.05) is 18.8 Å². The zero-order valence-corrected chi connectivity index (χ0v) is 8.89. The fourth-order valence-corrected chi connectivity index (χ4v) is 2.77. The summed E-state index contributed by atoms with van der Waals surface area (Å²) in [5, 5.41) is 4.06. The Balaban J connectivity index is 1.99. The third-order valence-corrected chi connectivity index (χ3v) is 3.72. The monoisotopic (exact) mass is 209 g/mol. The van der Waals surface area contributed by atoms with Crippen molar-refractivity contribution in [2.24, 2.45) is 0 Å². The normalized spacial score (nSPS) is 22.1. The van der Waals surface area contributed by atoms with Gasteiger partial charge in [0.1, 0.15) is 0 Å². The first-order valence-corrected chi connectivity index (χ1v) is 5.81. The molecule has 1 saturated heterocycles. The van der Waals surface area contributed by atoms with Crippen molar-refractivity contribution in [3.05, 3.63) is 18.5 Å². The fourth-order valence-electron chi connectivity index (χ4n) is 1.60. The highest BCUT2D eigenvalue weighted by Crippen LogP contribution is 2.30. The lowest BCUT2D eigenvalue weighted by Crippen LogP contribution is -2.31. The van der Waals surface area contributed by atoms with Crippen LogP contribution in [0.15, 0.2) is 23.4 Å². The molecule has 0 bridgehead atoms. The predicted molar refractivity (Wildman–Crippen MR) is 60.4 cm³/mol. The van der Waals surface area contributed by atoms with E-state index in [2.05, 4.69) is 10.3 Å². The minimum Gasteiger partial charge on any atom is -0.397 e. The Bertz CT molecular complexity index is 297. The molecule has 14 heavy (non-hydrogen) atoms. The number of thioether (sulfide) groups is 1. The maximum Gasteiger partial charge on any atom is 0.0638 e. The number of hydrogen-bond donors (Lipinski definition) is 2. The van der Waals surface area contributed by atoms with Gasteiger partial charge in [-0.15, -0.1) is 11.8 Å². The topological polar surface area (TPSA) is 50.9 Å². The molecular formula is C10H15N3S. The van der Waals surface area contributed by atoms with Crippen LogP contribution in [-0.2, 0) is 0 Å². The standard InChI is InChI=1S/C10H15N3S/c11-9-7-13-5-3-10(9)14-8-2-1-4-12-6-8/h3,5,7-8,12H,1-2,4,6,11H2. The molecule has 4 heteroatoms. The molecule has 1 aliphatic heterocycles. The molecule has 1 fully saturated rings. The summed E-state index contributed by atoms with van der Waals surface area (Å²) in [4.78, 5) is 5.14. The van der Waals surface area contributed by atoms with Gasteiger partial charge < -0.3 is 11.1 Å². The highest BCUT2D eigenvalue weighted by atomic mass is 32.2. The zero-order valence-electron chi connectivity index (χ0n) is 8.07. The smallest absolute Gasteiger partial charge is 0.0638 e. The van der Waals surface area contributed by atoms with Gasteiger partial charge in [0.15, 0.2) is 0 Å². The molecule has 2 rings (SSSR count). The Kier molecular flexibility index (Phi) is 3.26. The highest BCUT2D eigenvalue weighted by Gasteiger charge is 2.14. The van der Waals surface area contributed by atoms with Crippen LogP contribution in [0.3, 0.4) is 0 Å². The van der Waals surface area contributed by atoms with Crippen LogP contribution >= 0.6 is 11.8 Å². The highest BCUT2D eigenvalue weighted by molar-refractivity contribution is 8.00. The summed E-state index contributed by atoms with van der Waals surface area (Å²) in [5.74, 6) is 0. The van der Waals surface area contributed by atoms with E-state index in [1.807, 2.05) is 17.8 Å². The Morgan fingerprint density at radius 2 is 2.50 bits per heavy atom. The van der Waals surface area contributed by atoms with Crippen LogP contribution in [0.4, 0.5) is 5.69 Å². The minimum absolute atomic E-state index is 0.661. The van der Waals surface area contributed by atoms with E-state index in [1.54, 1.807) is 12.4 Å². The van der Waals surface area contributed by atoms with Gasteiger partial charge in [0.2, 0.25) is 0 Å². The van der Waals surface area contributed by atoms with Crippen molar-refractivity contribution in [1.29, 1.82) is 0 Å². The van der Waals surface area contributed by atoms with E-state index < -0.39 is 0 Å². The number of hydrogen-bond acceptors (Lipinski definition) is 4. The summed E-state index contributed by atoms with van der Waals surface area (Å²) >= 11 is 1.86. The molecule has 0 aliphatic carbocycles. The Hall–Kier alpha value is -0.740. The Morgan fingerprint density at radius 1 is 1.57 bits per heavy atom. The second-order valence-corrected chi connectivity index (χ2v) is 4.84. The van der Waals surface area contributed by atoms with Crippen molar-refractivity contribution in [2.45, 2.75) is 23.0 Å². The lowest BCUT2D eigenvalue weighted by Gasteiger charge is -2.22. The fraction of sp³-hybridized carbons (Fsp3) is 0.500. The molecule has 1 atom stereocenters. The number of pyridine rings is 1. The van der Waals surface area contributed by atoms with Gasteiger partial charge >= 0.3 is 0 Å². The third kappa shape index (κ3) is 2.39. The van der Waals surface area contributed by atoms with Crippen molar-refractivity contribution in [1.82, 2.24) is 10.3 Å². The number of nitrogens with zero attached hydrogens (tertiary/aromatic N) is 1. The number of aromatic nitrogens is 1. The van der Waals surface area contributed by atoms with Crippen LogP contribution in [0.5, 0.6) is 0 Å². The molecule has 76 valence electrons. The summed E-state index contributed by atoms with van der Waals surface area (Å²) in [6.07, 6.45) is 6.07. The van der Waals surface area contributed by atoms with E-state index >= 15 is 0 Å². The lowest BCUT2D eigenvalue weighted by atomic mass is 10.2. The van der Waals surface area contributed by atoms with Crippen LogP contribution in [0.25, 0.3) is 0 Å². The van der Waals surface area contributed by atoms with E-state index in [0.29, 0.717) is 5.25 Å². The Morgan fingerprint density at radius 3 is 3.21 bits per heavy atom. The number of nitrogen functional groups attached to an aromatic ring is 1. The molecule has 1 aliphatic rings. The summed E-state index contributed by atoms with van der Waals surface area (Å²) in [6, 6.07) is 1.99. The largest absolute Gasteiger partial charge is 0.397 e. The van der Waals surface area contributed by atoms with Crippen molar-refractivity contribution >= 4 is 17.4 Å². The second-order valence-electron chi connectivity index (χ2n) is 3.50. The summed E-state index contributed by atoms with van der Waals surface area (Å²) < 4.78 is 0. The Labute approximate surface area is 88.5 Å². The zero-order chi connectivity index (χ0) is 9.80. The van der Waals surface area contributed by atoms with Crippen LogP contribution < -0.4 is 11.1 Å². The van der Waals surface area contributed by atoms with Crippen LogP contribution in [0.1, 0.15) is 12.8 Å². The first kappa shape index (κ1) is 9.80. The number of nitrogens with two attached hydrogens (primary N) is 1. The maximum atomic E-state index is 5.83. The van der Waals surface area contributed by atoms with Gasteiger partial charge in [0, 0.05) is 22.9 Å². The van der Waals surface area contributed by atoms with E-state index in [1.165, 1.54) is 12.8 Å². The van der Waals surface area contributed by atoms with Crippen molar-refractivity contribution in [3.8, 4) is 0 Å². The first-order valence-electron chi connectivity index (χ1n) is 4.93. The van der Waals surface area contributed by atoms with Gasteiger partial charge in [-0.25, -0.2) is 0 Å². The van der Waals surface area contributed by atoms with Gasteiger partial charge in [0.05, 0.1) is 11.9 Å². The van der Waals surface area contributed by atoms with Crippen molar-refractivity contribution < 1.29 is 0 Å². The van der Waals surface area contributed by atoms with Gasteiger partial charge in [-0.2, -0.15) is 0 Å². The van der Waals surface area contributed by atoms with E-state index in [-0.39, 0.29) is 0 Å². The van der Waals surface area contributed by atoms with Crippen LogP contribution in [-0.4, -0.2) is 23.3 Å². The molecule has 1 unspecified atom stereocenters. The van der Waals surface area contributed by atoms with E-state index in [9.17, 15) is 0 Å². The third-order valence-electron chi connectivity index (χ3n) is 2.36. The number of rotatable bonds is 2. The summed E-state index contributed by atoms with van der Waals surface area (Å²) in [6.45, 7) is 2.25. The SMILES string of the molecule is Nc1cnccc1SC1CCCNC1. The van der Waals surface area contributed by atoms with Crippen molar-refractivity contribution in [3.63, 3.8) is 0 Å². The summed E-state index contributed by atoms with van der Waals surface area (Å²) in [5.41, 5.74) is 6.63. The molecule has 0 aromatic carbocycles. The molecule has 1 aromatic rings. The van der Waals surface area contributed by atoms with Gasteiger partial charge in [-0.3, -0.25) is 4.98 Å². The molecule has 0 amide bonds. The van der Waals surface area contributed by atoms with Crippen LogP contribution in [0.2, 0.25) is 0 Å². The number of nitrogens with one attached hydrogen (secondary N) is 1. The number of piperidine rings is 1. The minimum atomic E-state index is 0.661. The predicted octanol–water partition coefficient (Wildman–Crippen LogP) is 1.51. The van der Waals surface area contributed by atoms with E-state index in [0.717, 1.165) is 23.7 Å². The molecule has 0 saturated carbocycles. The maximum absolute atomic E-state index is 5.83.